The second kappa shape index (κ2) is 9.40. The summed E-state index contributed by atoms with van der Waals surface area (Å²) >= 11 is 3.47. The van der Waals surface area contributed by atoms with Gasteiger partial charge < -0.3 is 9.64 Å². The Kier molecular flexibility index (Phi) is 8.10. The van der Waals surface area contributed by atoms with Crippen molar-refractivity contribution in [3.63, 3.8) is 0 Å². The van der Waals surface area contributed by atoms with Crippen LogP contribution in [0.25, 0.3) is 0 Å². The molecule has 2 nitrogen and oxygen atoms in total. The molecule has 3 heteroatoms. The van der Waals surface area contributed by atoms with Crippen molar-refractivity contribution in [1.82, 2.24) is 4.90 Å². The molecule has 0 bridgehead atoms. The van der Waals surface area contributed by atoms with E-state index in [0.29, 0.717) is 0 Å². The third kappa shape index (κ3) is 6.41. The number of methoxy groups -OCH3 is 1. The van der Waals surface area contributed by atoms with Gasteiger partial charge >= 0.3 is 0 Å². The molecule has 0 radical (unpaired) electrons. The van der Waals surface area contributed by atoms with Gasteiger partial charge in [0, 0.05) is 11.9 Å². The zero-order valence-corrected chi connectivity index (χ0v) is 13.1. The normalized spacial score (nSPS) is 10.9. The molecule has 1 rings (SSSR count). The summed E-state index contributed by atoms with van der Waals surface area (Å²) in [6.07, 6.45) is 5.01. The highest BCUT2D eigenvalue weighted by Gasteiger charge is 2.00. The number of rotatable bonds is 9. The summed E-state index contributed by atoms with van der Waals surface area (Å²) in [7, 11) is 3.91. The molecule has 0 aliphatic rings. The molecule has 0 N–H and O–H groups in total. The molecular weight excluding hydrogens is 290 g/mol. The summed E-state index contributed by atoms with van der Waals surface area (Å²) in [5.74, 6) is 0.932. The maximum absolute atomic E-state index is 5.16. The van der Waals surface area contributed by atoms with E-state index >= 15 is 0 Å². The van der Waals surface area contributed by atoms with Gasteiger partial charge in [-0.15, -0.1) is 0 Å². The summed E-state index contributed by atoms with van der Waals surface area (Å²) in [6.45, 7) is 2.32. The number of nitrogens with zero attached hydrogens (tertiary/aromatic N) is 1. The van der Waals surface area contributed by atoms with E-state index in [1.165, 1.54) is 31.4 Å². The molecule has 0 aliphatic heterocycles. The fourth-order valence-electron chi connectivity index (χ4n) is 1.88. The molecule has 0 aliphatic carbocycles. The molecule has 0 heterocycles. The molecule has 1 aromatic carbocycles. The summed E-state index contributed by atoms with van der Waals surface area (Å²) in [5, 5.41) is 1.13. The molecule has 0 fully saturated rings. The van der Waals surface area contributed by atoms with Gasteiger partial charge in [0.05, 0.1) is 7.11 Å². The van der Waals surface area contributed by atoms with Crippen molar-refractivity contribution in [3.05, 3.63) is 29.8 Å². The van der Waals surface area contributed by atoms with Crippen LogP contribution in [0.5, 0.6) is 5.75 Å². The highest BCUT2D eigenvalue weighted by atomic mass is 79.9. The van der Waals surface area contributed by atoms with Crippen molar-refractivity contribution in [2.24, 2.45) is 0 Å². The van der Waals surface area contributed by atoms with Crippen LogP contribution in [-0.4, -0.2) is 37.5 Å². The van der Waals surface area contributed by atoms with E-state index in [1.807, 2.05) is 12.1 Å². The number of hydrogen-bond acceptors (Lipinski definition) is 2. The molecule has 0 saturated carbocycles. The van der Waals surface area contributed by atoms with Gasteiger partial charge in [0.1, 0.15) is 5.75 Å². The van der Waals surface area contributed by atoms with Gasteiger partial charge in [-0.3, -0.25) is 0 Å². The number of alkyl halides is 1. The third-order valence-electron chi connectivity index (χ3n) is 3.11. The lowest BCUT2D eigenvalue weighted by atomic mass is 10.1. The first-order valence-electron chi connectivity index (χ1n) is 6.63. The topological polar surface area (TPSA) is 12.5 Å². The van der Waals surface area contributed by atoms with E-state index in [9.17, 15) is 0 Å². The van der Waals surface area contributed by atoms with Crippen molar-refractivity contribution < 1.29 is 4.74 Å². The van der Waals surface area contributed by atoms with Crippen LogP contribution in [0.3, 0.4) is 0 Å². The summed E-state index contributed by atoms with van der Waals surface area (Å²) in [5.41, 5.74) is 1.38. The molecule has 0 atom stereocenters. The van der Waals surface area contributed by atoms with Crippen LogP contribution in [0.15, 0.2) is 24.3 Å². The lowest BCUT2D eigenvalue weighted by Gasteiger charge is -2.16. The first-order valence-corrected chi connectivity index (χ1v) is 7.76. The van der Waals surface area contributed by atoms with E-state index < -0.39 is 0 Å². The van der Waals surface area contributed by atoms with Crippen molar-refractivity contribution in [2.75, 3.05) is 32.6 Å². The summed E-state index contributed by atoms with van der Waals surface area (Å²) < 4.78 is 5.16. The fraction of sp³-hybridized carbons (Fsp3) is 0.600. The average molecular weight is 314 g/mol. The predicted molar refractivity (Wildman–Crippen MR) is 81.8 cm³/mol. The summed E-state index contributed by atoms with van der Waals surface area (Å²) in [4.78, 5) is 2.42. The Bertz CT molecular complexity index is 313. The van der Waals surface area contributed by atoms with E-state index in [4.69, 9.17) is 4.74 Å². The number of likely N-dealkylation sites (N-methyl/N-ethyl adjacent to an activating group) is 1. The van der Waals surface area contributed by atoms with Gasteiger partial charge in [0.15, 0.2) is 0 Å². The molecule has 0 saturated heterocycles. The highest BCUT2D eigenvalue weighted by molar-refractivity contribution is 9.09. The Hall–Kier alpha value is -0.540. The monoisotopic (exact) mass is 313 g/mol. The maximum Gasteiger partial charge on any atom is 0.118 e. The first-order chi connectivity index (χ1) is 8.76. The van der Waals surface area contributed by atoms with E-state index in [1.54, 1.807) is 7.11 Å². The molecule has 0 aromatic heterocycles. The molecule has 0 spiro atoms. The minimum absolute atomic E-state index is 0.932. The van der Waals surface area contributed by atoms with Crippen molar-refractivity contribution >= 4 is 15.9 Å². The van der Waals surface area contributed by atoms with Crippen LogP contribution in [-0.2, 0) is 6.42 Å². The van der Waals surface area contributed by atoms with Crippen molar-refractivity contribution in [1.29, 1.82) is 0 Å². The number of ether oxygens (including phenoxy) is 1. The predicted octanol–water partition coefficient (Wildman–Crippen LogP) is 3.73. The minimum atomic E-state index is 0.932. The zero-order valence-electron chi connectivity index (χ0n) is 11.5. The SMILES string of the molecule is COc1ccc(CCN(C)CCCCCBr)cc1. The number of hydrogen-bond donors (Lipinski definition) is 0. The van der Waals surface area contributed by atoms with Crippen LogP contribution in [0.2, 0.25) is 0 Å². The van der Waals surface area contributed by atoms with E-state index in [0.717, 1.165) is 24.0 Å². The van der Waals surface area contributed by atoms with Crippen LogP contribution >= 0.6 is 15.9 Å². The second-order valence-electron chi connectivity index (χ2n) is 4.65. The molecule has 102 valence electrons. The second-order valence-corrected chi connectivity index (χ2v) is 5.44. The Labute approximate surface area is 119 Å². The van der Waals surface area contributed by atoms with Gasteiger partial charge in [0.2, 0.25) is 0 Å². The fourth-order valence-corrected chi connectivity index (χ4v) is 2.27. The molecule has 0 unspecified atom stereocenters. The number of benzene rings is 1. The van der Waals surface area contributed by atoms with E-state index in [-0.39, 0.29) is 0 Å². The van der Waals surface area contributed by atoms with Crippen LogP contribution in [0, 0.1) is 0 Å². The third-order valence-corrected chi connectivity index (χ3v) is 3.68. The summed E-state index contributed by atoms with van der Waals surface area (Å²) in [6, 6.07) is 8.37. The van der Waals surface area contributed by atoms with Gasteiger partial charge in [-0.2, -0.15) is 0 Å². The van der Waals surface area contributed by atoms with Gasteiger partial charge in [-0.05, 0) is 50.6 Å². The largest absolute Gasteiger partial charge is 0.497 e. The number of halogens is 1. The Balaban J connectivity index is 2.18. The minimum Gasteiger partial charge on any atom is -0.497 e. The smallest absolute Gasteiger partial charge is 0.118 e. The van der Waals surface area contributed by atoms with Crippen LogP contribution in [0.4, 0.5) is 0 Å². The van der Waals surface area contributed by atoms with Gasteiger partial charge in [-0.25, -0.2) is 0 Å². The zero-order chi connectivity index (χ0) is 13.2. The quantitative estimate of drug-likeness (QED) is 0.509. The maximum atomic E-state index is 5.16. The first kappa shape index (κ1) is 15.5. The lowest BCUT2D eigenvalue weighted by Crippen LogP contribution is -2.22. The van der Waals surface area contributed by atoms with Crippen LogP contribution < -0.4 is 4.74 Å². The number of unbranched alkanes of at least 4 members (excludes halogenated alkanes) is 2. The standard InChI is InChI=1S/C15H24BrNO/c1-17(12-5-3-4-11-16)13-10-14-6-8-15(18-2)9-7-14/h6-9H,3-5,10-13H2,1-2H3. The van der Waals surface area contributed by atoms with Gasteiger partial charge in [0.25, 0.3) is 0 Å². The Morgan fingerprint density at radius 1 is 1.06 bits per heavy atom. The molecule has 1 aromatic rings. The van der Waals surface area contributed by atoms with Crippen molar-refractivity contribution in [3.8, 4) is 5.75 Å². The molecular formula is C15H24BrNO. The van der Waals surface area contributed by atoms with Crippen LogP contribution in [0.1, 0.15) is 24.8 Å². The molecule has 0 amide bonds. The Morgan fingerprint density at radius 3 is 2.39 bits per heavy atom. The van der Waals surface area contributed by atoms with Crippen molar-refractivity contribution in [2.45, 2.75) is 25.7 Å². The molecule has 18 heavy (non-hydrogen) atoms. The lowest BCUT2D eigenvalue weighted by molar-refractivity contribution is 0.329. The highest BCUT2D eigenvalue weighted by Crippen LogP contribution is 2.12. The average Bonchev–Trinajstić information content (AvgIpc) is 2.42. The van der Waals surface area contributed by atoms with E-state index in [2.05, 4.69) is 40.0 Å². The Morgan fingerprint density at radius 2 is 1.78 bits per heavy atom. The van der Waals surface area contributed by atoms with Gasteiger partial charge in [-0.1, -0.05) is 34.5 Å².